The van der Waals surface area contributed by atoms with Gasteiger partial charge in [0.05, 0.1) is 11.8 Å². The van der Waals surface area contributed by atoms with Gasteiger partial charge in [0.25, 0.3) is 0 Å². The van der Waals surface area contributed by atoms with Crippen molar-refractivity contribution < 1.29 is 14.4 Å². The van der Waals surface area contributed by atoms with E-state index in [1.807, 2.05) is 31.2 Å². The molecule has 1 saturated heterocycles. The zero-order valence-corrected chi connectivity index (χ0v) is 13.6. The standard InChI is InChI=1S/C19H20N2O3/c1-2-11-5-3-4-6-14(11)20-15(22)10-21-18(23)16-12-7-8-13(9-12)17(16)19(21)24/h3-8,12-13,16-17H,2,9-10H2,1H3,(H,20,22)/t12-,13+,16-,17-/m0/s1. The van der Waals surface area contributed by atoms with Gasteiger partial charge in [-0.15, -0.1) is 0 Å². The molecular weight excluding hydrogens is 304 g/mol. The number of likely N-dealkylation sites (tertiary alicyclic amines) is 1. The van der Waals surface area contributed by atoms with E-state index in [1.54, 1.807) is 0 Å². The molecule has 2 aliphatic carbocycles. The summed E-state index contributed by atoms with van der Waals surface area (Å²) in [6, 6.07) is 7.57. The van der Waals surface area contributed by atoms with Crippen molar-refractivity contribution in [3.63, 3.8) is 0 Å². The minimum absolute atomic E-state index is 0.172. The minimum Gasteiger partial charge on any atom is -0.324 e. The zero-order valence-electron chi connectivity index (χ0n) is 13.6. The molecule has 5 heteroatoms. The molecule has 0 unspecified atom stereocenters. The van der Waals surface area contributed by atoms with Crippen LogP contribution in [0.3, 0.4) is 0 Å². The average Bonchev–Trinajstić information content (AvgIpc) is 3.25. The summed E-state index contributed by atoms with van der Waals surface area (Å²) in [5, 5.41) is 2.83. The van der Waals surface area contributed by atoms with Gasteiger partial charge in [-0.3, -0.25) is 19.3 Å². The quantitative estimate of drug-likeness (QED) is 0.680. The van der Waals surface area contributed by atoms with Crippen LogP contribution in [0.4, 0.5) is 5.69 Å². The Kier molecular flexibility index (Phi) is 3.52. The first-order chi connectivity index (χ1) is 11.6. The molecule has 1 aliphatic heterocycles. The summed E-state index contributed by atoms with van der Waals surface area (Å²) >= 11 is 0. The normalized spacial score (nSPS) is 30.1. The minimum atomic E-state index is -0.321. The molecule has 5 nitrogen and oxygen atoms in total. The number of allylic oxidation sites excluding steroid dienone is 2. The molecule has 1 heterocycles. The van der Waals surface area contributed by atoms with Crippen LogP contribution in [0.25, 0.3) is 0 Å². The highest BCUT2D eigenvalue weighted by molar-refractivity contribution is 6.09. The first-order valence-electron chi connectivity index (χ1n) is 8.51. The van der Waals surface area contributed by atoms with Crippen molar-refractivity contribution in [3.8, 4) is 0 Å². The van der Waals surface area contributed by atoms with Gasteiger partial charge in [0.15, 0.2) is 0 Å². The van der Waals surface area contributed by atoms with Gasteiger partial charge in [-0.05, 0) is 36.3 Å². The van der Waals surface area contributed by atoms with Crippen LogP contribution in [-0.2, 0) is 20.8 Å². The maximum absolute atomic E-state index is 12.6. The Hall–Kier alpha value is -2.43. The largest absolute Gasteiger partial charge is 0.324 e. The van der Waals surface area contributed by atoms with Gasteiger partial charge in [-0.25, -0.2) is 0 Å². The summed E-state index contributed by atoms with van der Waals surface area (Å²) in [5.41, 5.74) is 1.77. The topological polar surface area (TPSA) is 66.5 Å². The molecule has 24 heavy (non-hydrogen) atoms. The van der Waals surface area contributed by atoms with Crippen molar-refractivity contribution in [1.82, 2.24) is 4.90 Å². The number of rotatable bonds is 4. The molecule has 1 N–H and O–H groups in total. The Morgan fingerprint density at radius 3 is 2.38 bits per heavy atom. The summed E-state index contributed by atoms with van der Waals surface area (Å²) in [6.45, 7) is 1.82. The lowest BCUT2D eigenvalue weighted by Gasteiger charge is -2.17. The van der Waals surface area contributed by atoms with Crippen LogP contribution in [0.2, 0.25) is 0 Å². The Morgan fingerprint density at radius 1 is 1.12 bits per heavy atom. The highest BCUT2D eigenvalue weighted by atomic mass is 16.2. The molecule has 4 atom stereocenters. The molecule has 1 saturated carbocycles. The van der Waals surface area contributed by atoms with E-state index in [0.717, 1.165) is 29.0 Å². The SMILES string of the molecule is CCc1ccccc1NC(=O)CN1C(=O)[C@@H]2[C@@H](C1=O)[C@H]1C=C[C@@H]2C1. The van der Waals surface area contributed by atoms with E-state index in [1.165, 1.54) is 0 Å². The number of fused-ring (bicyclic) bond motifs is 5. The average molecular weight is 324 g/mol. The van der Waals surface area contributed by atoms with Crippen molar-refractivity contribution in [2.45, 2.75) is 19.8 Å². The number of anilines is 1. The number of carbonyl (C=O) groups excluding carboxylic acids is 3. The van der Waals surface area contributed by atoms with E-state index in [4.69, 9.17) is 0 Å². The van der Waals surface area contributed by atoms with Crippen molar-refractivity contribution in [3.05, 3.63) is 42.0 Å². The lowest BCUT2D eigenvalue weighted by molar-refractivity contribution is -0.143. The number of aryl methyl sites for hydroxylation is 1. The van der Waals surface area contributed by atoms with Crippen LogP contribution in [0.1, 0.15) is 18.9 Å². The second kappa shape index (κ2) is 5.58. The monoisotopic (exact) mass is 324 g/mol. The predicted molar refractivity (Wildman–Crippen MR) is 88.9 cm³/mol. The smallest absolute Gasteiger partial charge is 0.244 e. The van der Waals surface area contributed by atoms with Crippen molar-refractivity contribution >= 4 is 23.4 Å². The van der Waals surface area contributed by atoms with Crippen LogP contribution in [0, 0.1) is 23.7 Å². The number of benzene rings is 1. The van der Waals surface area contributed by atoms with Gasteiger partial charge in [0.2, 0.25) is 17.7 Å². The van der Waals surface area contributed by atoms with Gasteiger partial charge in [0.1, 0.15) is 6.54 Å². The highest BCUT2D eigenvalue weighted by Gasteiger charge is 2.59. The molecule has 0 aromatic heterocycles. The van der Waals surface area contributed by atoms with Gasteiger partial charge in [0, 0.05) is 5.69 Å². The summed E-state index contributed by atoms with van der Waals surface area (Å²) in [4.78, 5) is 38.7. The van der Waals surface area contributed by atoms with E-state index in [9.17, 15) is 14.4 Å². The Labute approximate surface area is 140 Å². The molecule has 3 amide bonds. The predicted octanol–water partition coefficient (Wildman–Crippen LogP) is 1.99. The summed E-state index contributed by atoms with van der Waals surface area (Å²) in [5.74, 6) is -0.832. The van der Waals surface area contributed by atoms with Crippen LogP contribution < -0.4 is 5.32 Å². The third-order valence-corrected chi connectivity index (χ3v) is 5.54. The Balaban J connectivity index is 1.47. The van der Waals surface area contributed by atoms with E-state index in [-0.39, 0.29) is 47.9 Å². The Bertz CT molecular complexity index is 725. The summed E-state index contributed by atoms with van der Waals surface area (Å²) < 4.78 is 0. The first-order valence-corrected chi connectivity index (χ1v) is 8.51. The molecule has 3 aliphatic rings. The van der Waals surface area contributed by atoms with Crippen molar-refractivity contribution in [2.75, 3.05) is 11.9 Å². The fourth-order valence-electron chi connectivity index (χ4n) is 4.40. The van der Waals surface area contributed by atoms with Crippen LogP contribution in [0.5, 0.6) is 0 Å². The summed E-state index contributed by atoms with van der Waals surface area (Å²) in [6.07, 6.45) is 5.81. The van der Waals surface area contributed by atoms with Gasteiger partial charge >= 0.3 is 0 Å². The number of nitrogens with zero attached hydrogens (tertiary/aromatic N) is 1. The fourth-order valence-corrected chi connectivity index (χ4v) is 4.40. The van der Waals surface area contributed by atoms with Crippen LogP contribution in [-0.4, -0.2) is 29.2 Å². The molecule has 0 spiro atoms. The highest BCUT2D eigenvalue weighted by Crippen LogP contribution is 2.52. The van der Waals surface area contributed by atoms with E-state index in [2.05, 4.69) is 17.5 Å². The molecule has 2 fully saturated rings. The maximum Gasteiger partial charge on any atom is 0.244 e. The molecular formula is C19H20N2O3. The molecule has 124 valence electrons. The lowest BCUT2D eigenvalue weighted by atomic mass is 9.85. The van der Waals surface area contributed by atoms with Crippen LogP contribution in [0.15, 0.2) is 36.4 Å². The second-order valence-corrected chi connectivity index (χ2v) is 6.82. The first kappa shape index (κ1) is 15.1. The number of hydrogen-bond donors (Lipinski definition) is 1. The van der Waals surface area contributed by atoms with Gasteiger partial charge in [-0.2, -0.15) is 0 Å². The second-order valence-electron chi connectivity index (χ2n) is 6.82. The number of hydrogen-bond acceptors (Lipinski definition) is 3. The summed E-state index contributed by atoms with van der Waals surface area (Å²) in [7, 11) is 0. The molecule has 1 aromatic carbocycles. The zero-order chi connectivity index (χ0) is 16.8. The van der Waals surface area contributed by atoms with Crippen molar-refractivity contribution in [1.29, 1.82) is 0 Å². The van der Waals surface area contributed by atoms with E-state index >= 15 is 0 Å². The lowest BCUT2D eigenvalue weighted by Crippen LogP contribution is -2.39. The van der Waals surface area contributed by atoms with Crippen molar-refractivity contribution in [2.24, 2.45) is 23.7 Å². The van der Waals surface area contributed by atoms with Gasteiger partial charge < -0.3 is 5.32 Å². The molecule has 0 radical (unpaired) electrons. The molecule has 4 rings (SSSR count). The number of amides is 3. The number of para-hydroxylation sites is 1. The van der Waals surface area contributed by atoms with E-state index in [0.29, 0.717) is 0 Å². The molecule has 1 aromatic rings. The fraction of sp³-hybridized carbons (Fsp3) is 0.421. The third kappa shape index (κ3) is 2.19. The number of imide groups is 1. The van der Waals surface area contributed by atoms with Crippen LogP contribution >= 0.6 is 0 Å². The molecule has 2 bridgehead atoms. The number of nitrogens with one attached hydrogen (secondary N) is 1. The van der Waals surface area contributed by atoms with Gasteiger partial charge in [-0.1, -0.05) is 37.3 Å². The number of carbonyl (C=O) groups is 3. The third-order valence-electron chi connectivity index (χ3n) is 5.54. The Morgan fingerprint density at radius 2 is 1.75 bits per heavy atom. The van der Waals surface area contributed by atoms with E-state index < -0.39 is 0 Å². The maximum atomic E-state index is 12.6.